The zero-order valence-corrected chi connectivity index (χ0v) is 7.14. The van der Waals surface area contributed by atoms with Crippen molar-refractivity contribution in [3.63, 3.8) is 0 Å². The molecule has 1 unspecified atom stereocenters. The van der Waals surface area contributed by atoms with Gasteiger partial charge in [0, 0.05) is 4.90 Å². The summed E-state index contributed by atoms with van der Waals surface area (Å²) in [5.41, 5.74) is 0. The van der Waals surface area contributed by atoms with E-state index >= 15 is 0 Å². The van der Waals surface area contributed by atoms with E-state index in [9.17, 15) is 0 Å². The molecule has 0 aliphatic rings. The highest BCUT2D eigenvalue weighted by atomic mass is 32.2. The second-order valence-corrected chi connectivity index (χ2v) is 3.62. The molecule has 2 heteroatoms. The maximum atomic E-state index is 8.53. The lowest BCUT2D eigenvalue weighted by Crippen LogP contribution is -1.88. The molecule has 0 heterocycles. The summed E-state index contributed by atoms with van der Waals surface area (Å²) < 4.78 is 0. The van der Waals surface area contributed by atoms with E-state index in [0.717, 1.165) is 4.90 Å². The lowest BCUT2D eigenvalue weighted by molar-refractivity contribution is 1.23. The Balaban J connectivity index is 2.60. The minimum absolute atomic E-state index is 0.0393. The highest BCUT2D eigenvalue weighted by Gasteiger charge is 1.99. The lowest BCUT2D eigenvalue weighted by Gasteiger charge is -2.00. The molecule has 1 aromatic rings. The second kappa shape index (κ2) is 4.05. The highest BCUT2D eigenvalue weighted by Crippen LogP contribution is 2.21. The van der Waals surface area contributed by atoms with E-state index in [0.29, 0.717) is 0 Å². The van der Waals surface area contributed by atoms with Crippen LogP contribution in [0, 0.1) is 11.3 Å². The molecule has 1 nitrogen and oxygen atoms in total. The summed E-state index contributed by atoms with van der Waals surface area (Å²) >= 11 is 1.58. The third-order valence-corrected chi connectivity index (χ3v) is 2.24. The fourth-order valence-corrected chi connectivity index (χ4v) is 1.50. The van der Waals surface area contributed by atoms with Gasteiger partial charge in [-0.2, -0.15) is 5.26 Å². The van der Waals surface area contributed by atoms with Crippen LogP contribution < -0.4 is 0 Å². The van der Waals surface area contributed by atoms with E-state index in [-0.39, 0.29) is 5.25 Å². The van der Waals surface area contributed by atoms with Crippen molar-refractivity contribution in [1.82, 2.24) is 0 Å². The third kappa shape index (κ3) is 2.65. The van der Waals surface area contributed by atoms with Gasteiger partial charge in [0.05, 0.1) is 11.3 Å². The smallest absolute Gasteiger partial charge is 0.0935 e. The molecule has 1 rings (SSSR count). The summed E-state index contributed by atoms with van der Waals surface area (Å²) in [6.07, 6.45) is 0. The minimum atomic E-state index is 0.0393. The Morgan fingerprint density at radius 2 is 2.00 bits per heavy atom. The Hall–Kier alpha value is -0.940. The van der Waals surface area contributed by atoms with Crippen LogP contribution in [0.1, 0.15) is 6.92 Å². The van der Waals surface area contributed by atoms with Crippen LogP contribution in [-0.2, 0) is 0 Å². The first-order valence-corrected chi connectivity index (χ1v) is 4.32. The number of rotatable bonds is 2. The maximum Gasteiger partial charge on any atom is 0.0935 e. The Bertz CT molecular complexity index is 250. The lowest BCUT2D eigenvalue weighted by atomic mass is 10.4. The van der Waals surface area contributed by atoms with Crippen LogP contribution in [0.4, 0.5) is 0 Å². The molecule has 0 fully saturated rings. The SMILES string of the molecule is CC(C#N)Sc1ccccc1. The number of thioether (sulfide) groups is 1. The van der Waals surface area contributed by atoms with Gasteiger partial charge in [0.25, 0.3) is 0 Å². The number of benzene rings is 1. The quantitative estimate of drug-likeness (QED) is 0.626. The summed E-state index contributed by atoms with van der Waals surface area (Å²) in [4.78, 5) is 1.15. The highest BCUT2D eigenvalue weighted by molar-refractivity contribution is 8.00. The number of hydrogen-bond acceptors (Lipinski definition) is 2. The van der Waals surface area contributed by atoms with Crippen molar-refractivity contribution in [2.75, 3.05) is 0 Å². The van der Waals surface area contributed by atoms with Crippen LogP contribution in [0.25, 0.3) is 0 Å². The van der Waals surface area contributed by atoms with Gasteiger partial charge < -0.3 is 0 Å². The normalized spacial score (nSPS) is 12.0. The first kappa shape index (κ1) is 8.16. The predicted molar refractivity (Wildman–Crippen MR) is 47.4 cm³/mol. The van der Waals surface area contributed by atoms with Gasteiger partial charge in [-0.1, -0.05) is 18.2 Å². The summed E-state index contributed by atoms with van der Waals surface area (Å²) in [6.45, 7) is 1.90. The molecule has 1 atom stereocenters. The molecule has 1 aromatic carbocycles. The molecule has 0 spiro atoms. The average molecular weight is 163 g/mol. The molecular formula is C9H9NS. The van der Waals surface area contributed by atoms with E-state index in [2.05, 4.69) is 6.07 Å². The fraction of sp³-hybridized carbons (Fsp3) is 0.222. The second-order valence-electron chi connectivity index (χ2n) is 2.20. The average Bonchev–Trinajstić information content (AvgIpc) is 2.06. The number of nitriles is 1. The fourth-order valence-electron chi connectivity index (χ4n) is 0.730. The molecule has 0 radical (unpaired) electrons. The molecule has 0 aliphatic carbocycles. The first-order valence-electron chi connectivity index (χ1n) is 3.44. The molecule has 0 aromatic heterocycles. The Kier molecular flexibility index (Phi) is 3.00. The summed E-state index contributed by atoms with van der Waals surface area (Å²) in [5, 5.41) is 8.56. The first-order chi connectivity index (χ1) is 5.33. The van der Waals surface area contributed by atoms with Crippen molar-refractivity contribution >= 4 is 11.8 Å². The number of nitrogens with zero attached hydrogens (tertiary/aromatic N) is 1. The third-order valence-electron chi connectivity index (χ3n) is 1.24. The van der Waals surface area contributed by atoms with Crippen LogP contribution in [0.15, 0.2) is 35.2 Å². The zero-order valence-electron chi connectivity index (χ0n) is 6.32. The molecule has 56 valence electrons. The van der Waals surface area contributed by atoms with Crippen LogP contribution in [0.3, 0.4) is 0 Å². The number of hydrogen-bond donors (Lipinski definition) is 0. The summed E-state index contributed by atoms with van der Waals surface area (Å²) in [5.74, 6) is 0. The van der Waals surface area contributed by atoms with Gasteiger partial charge in [0.1, 0.15) is 0 Å². The molecule has 0 aliphatic heterocycles. The molecular weight excluding hydrogens is 154 g/mol. The van der Waals surface area contributed by atoms with Crippen molar-refractivity contribution < 1.29 is 0 Å². The van der Waals surface area contributed by atoms with E-state index in [1.807, 2.05) is 37.3 Å². The van der Waals surface area contributed by atoms with Crippen molar-refractivity contribution in [2.45, 2.75) is 17.1 Å². The van der Waals surface area contributed by atoms with Crippen molar-refractivity contribution in [3.05, 3.63) is 30.3 Å². The van der Waals surface area contributed by atoms with Crippen LogP contribution in [0.5, 0.6) is 0 Å². The molecule has 0 saturated heterocycles. The standard InChI is InChI=1S/C9H9NS/c1-8(7-10)11-9-5-3-2-4-6-9/h2-6,8H,1H3. The maximum absolute atomic E-state index is 8.53. The monoisotopic (exact) mass is 163 g/mol. The van der Waals surface area contributed by atoms with Crippen LogP contribution in [0.2, 0.25) is 0 Å². The molecule has 0 saturated carbocycles. The molecule has 0 amide bonds. The van der Waals surface area contributed by atoms with E-state index in [1.165, 1.54) is 0 Å². The van der Waals surface area contributed by atoms with Gasteiger partial charge in [0.15, 0.2) is 0 Å². The van der Waals surface area contributed by atoms with E-state index in [4.69, 9.17) is 5.26 Å². The van der Waals surface area contributed by atoms with Gasteiger partial charge in [-0.05, 0) is 19.1 Å². The largest absolute Gasteiger partial charge is 0.197 e. The molecule has 11 heavy (non-hydrogen) atoms. The van der Waals surface area contributed by atoms with Crippen LogP contribution >= 0.6 is 11.8 Å². The van der Waals surface area contributed by atoms with Gasteiger partial charge in [-0.3, -0.25) is 0 Å². The topological polar surface area (TPSA) is 23.8 Å². The Labute approximate surface area is 71.0 Å². The van der Waals surface area contributed by atoms with Crippen molar-refractivity contribution in [3.8, 4) is 6.07 Å². The summed E-state index contributed by atoms with van der Waals surface area (Å²) in [7, 11) is 0. The molecule has 0 bridgehead atoms. The minimum Gasteiger partial charge on any atom is -0.197 e. The van der Waals surface area contributed by atoms with E-state index in [1.54, 1.807) is 11.8 Å². The van der Waals surface area contributed by atoms with Crippen molar-refractivity contribution in [1.29, 1.82) is 5.26 Å². The van der Waals surface area contributed by atoms with Gasteiger partial charge in [0.2, 0.25) is 0 Å². The van der Waals surface area contributed by atoms with Gasteiger partial charge >= 0.3 is 0 Å². The Morgan fingerprint density at radius 1 is 1.36 bits per heavy atom. The predicted octanol–water partition coefficient (Wildman–Crippen LogP) is 2.69. The van der Waals surface area contributed by atoms with E-state index < -0.39 is 0 Å². The van der Waals surface area contributed by atoms with Gasteiger partial charge in [-0.25, -0.2) is 0 Å². The summed E-state index contributed by atoms with van der Waals surface area (Å²) in [6, 6.07) is 12.1. The molecule has 0 N–H and O–H groups in total. The van der Waals surface area contributed by atoms with Crippen molar-refractivity contribution in [2.24, 2.45) is 0 Å². The van der Waals surface area contributed by atoms with Crippen LogP contribution in [-0.4, -0.2) is 5.25 Å². The Morgan fingerprint density at radius 3 is 2.55 bits per heavy atom. The zero-order chi connectivity index (χ0) is 8.10. The van der Waals surface area contributed by atoms with Gasteiger partial charge in [-0.15, -0.1) is 11.8 Å².